The number of hydrogen-bond acceptors (Lipinski definition) is 4. The van der Waals surface area contributed by atoms with Crippen LogP contribution in [-0.4, -0.2) is 21.4 Å². The number of carbonyl (C=O) groups excluding carboxylic acids is 1. The monoisotopic (exact) mass is 354 g/mol. The molecule has 0 spiro atoms. The van der Waals surface area contributed by atoms with Crippen LogP contribution in [0.25, 0.3) is 0 Å². The van der Waals surface area contributed by atoms with Crippen molar-refractivity contribution >= 4 is 38.9 Å². The molecular weight excluding hydrogens is 340 g/mol. The van der Waals surface area contributed by atoms with Crippen molar-refractivity contribution in [3.05, 3.63) is 47.5 Å². The second kappa shape index (κ2) is 6.89. The van der Waals surface area contributed by atoms with E-state index in [9.17, 15) is 13.2 Å². The number of sulfonamides is 1. The van der Waals surface area contributed by atoms with Gasteiger partial charge in [-0.2, -0.15) is 0 Å². The van der Waals surface area contributed by atoms with Crippen molar-refractivity contribution < 1.29 is 17.9 Å². The van der Waals surface area contributed by atoms with E-state index in [0.717, 1.165) is 0 Å². The van der Waals surface area contributed by atoms with E-state index in [4.69, 9.17) is 16.3 Å². The Hall–Kier alpha value is -2.25. The summed E-state index contributed by atoms with van der Waals surface area (Å²) in [5.41, 5.74) is 0.764. The molecule has 0 aliphatic rings. The van der Waals surface area contributed by atoms with E-state index in [1.54, 1.807) is 6.07 Å². The van der Waals surface area contributed by atoms with Gasteiger partial charge in [-0.05, 0) is 36.4 Å². The van der Waals surface area contributed by atoms with Crippen LogP contribution < -0.4 is 14.8 Å². The molecular formula is C15H15ClN2O4S. The largest absolute Gasteiger partial charge is 0.494 e. The van der Waals surface area contributed by atoms with Crippen molar-refractivity contribution in [2.24, 2.45) is 0 Å². The number of hydrogen-bond donors (Lipinski definition) is 2. The first-order chi connectivity index (χ1) is 10.8. The number of nitrogens with one attached hydrogen (secondary N) is 2. The molecule has 0 aromatic heterocycles. The highest BCUT2D eigenvalue weighted by Crippen LogP contribution is 2.29. The number of anilines is 2. The van der Waals surface area contributed by atoms with Crippen molar-refractivity contribution in [2.75, 3.05) is 17.1 Å². The smallest absolute Gasteiger partial charge is 0.261 e. The quantitative estimate of drug-likeness (QED) is 0.864. The molecule has 0 atom stereocenters. The van der Waals surface area contributed by atoms with Gasteiger partial charge < -0.3 is 10.1 Å². The second-order valence-corrected chi connectivity index (χ2v) is 6.77. The normalized spacial score (nSPS) is 10.9. The third kappa shape index (κ3) is 4.37. The maximum Gasteiger partial charge on any atom is 0.261 e. The molecule has 8 heteroatoms. The lowest BCUT2D eigenvalue weighted by Gasteiger charge is -2.12. The Morgan fingerprint density at radius 1 is 1.13 bits per heavy atom. The molecule has 0 unspecified atom stereocenters. The van der Waals surface area contributed by atoms with Crippen LogP contribution >= 0.6 is 11.6 Å². The fourth-order valence-electron chi connectivity index (χ4n) is 1.88. The van der Waals surface area contributed by atoms with Gasteiger partial charge in [-0.1, -0.05) is 11.6 Å². The Labute approximate surface area is 139 Å². The minimum absolute atomic E-state index is 0.0896. The van der Waals surface area contributed by atoms with Crippen molar-refractivity contribution in [3.63, 3.8) is 0 Å². The standard InChI is InChI=1S/C15H15ClN2O4S/c1-10(19)17-14-8-5-12(9-15(14)22-2)18-23(20,21)13-6-3-11(16)4-7-13/h3-9,18H,1-2H3,(H,17,19). The van der Waals surface area contributed by atoms with Gasteiger partial charge in [-0.25, -0.2) is 8.42 Å². The van der Waals surface area contributed by atoms with Gasteiger partial charge in [0.2, 0.25) is 5.91 Å². The van der Waals surface area contributed by atoms with Crippen LogP contribution in [0.2, 0.25) is 5.02 Å². The molecule has 1 amide bonds. The maximum absolute atomic E-state index is 12.3. The van der Waals surface area contributed by atoms with Gasteiger partial charge in [0.15, 0.2) is 0 Å². The third-order valence-electron chi connectivity index (χ3n) is 2.89. The van der Waals surface area contributed by atoms with Gasteiger partial charge in [-0.15, -0.1) is 0 Å². The summed E-state index contributed by atoms with van der Waals surface area (Å²) in [5.74, 6) is 0.0919. The van der Waals surface area contributed by atoms with Gasteiger partial charge in [0, 0.05) is 18.0 Å². The van der Waals surface area contributed by atoms with Crippen LogP contribution in [0.15, 0.2) is 47.4 Å². The summed E-state index contributed by atoms with van der Waals surface area (Å²) in [7, 11) is -2.31. The first-order valence-electron chi connectivity index (χ1n) is 6.56. The zero-order valence-corrected chi connectivity index (χ0v) is 14.0. The highest BCUT2D eigenvalue weighted by atomic mass is 35.5. The van der Waals surface area contributed by atoms with Crippen LogP contribution in [0.5, 0.6) is 5.75 Å². The first-order valence-corrected chi connectivity index (χ1v) is 8.42. The lowest BCUT2D eigenvalue weighted by atomic mass is 10.2. The molecule has 0 fully saturated rings. The van der Waals surface area contributed by atoms with E-state index < -0.39 is 10.0 Å². The number of rotatable bonds is 5. The van der Waals surface area contributed by atoms with Gasteiger partial charge in [0.05, 0.1) is 23.4 Å². The molecule has 0 heterocycles. The van der Waals surface area contributed by atoms with Crippen LogP contribution in [0, 0.1) is 0 Å². The van der Waals surface area contributed by atoms with Crippen LogP contribution in [0.1, 0.15) is 6.92 Å². The molecule has 0 aliphatic carbocycles. The molecule has 23 heavy (non-hydrogen) atoms. The minimum Gasteiger partial charge on any atom is -0.494 e. The zero-order valence-electron chi connectivity index (χ0n) is 12.5. The minimum atomic E-state index is -3.74. The summed E-state index contributed by atoms with van der Waals surface area (Å²) in [4.78, 5) is 11.2. The van der Waals surface area contributed by atoms with E-state index in [1.165, 1.54) is 50.4 Å². The van der Waals surface area contributed by atoms with Crippen LogP contribution in [0.4, 0.5) is 11.4 Å². The van der Waals surface area contributed by atoms with E-state index in [2.05, 4.69) is 10.0 Å². The predicted molar refractivity (Wildman–Crippen MR) is 89.6 cm³/mol. The molecule has 2 aromatic rings. The van der Waals surface area contributed by atoms with E-state index in [0.29, 0.717) is 22.1 Å². The van der Waals surface area contributed by atoms with Gasteiger partial charge in [-0.3, -0.25) is 9.52 Å². The average Bonchev–Trinajstić information content (AvgIpc) is 2.48. The van der Waals surface area contributed by atoms with Crippen LogP contribution in [-0.2, 0) is 14.8 Å². The molecule has 6 nitrogen and oxygen atoms in total. The third-order valence-corrected chi connectivity index (χ3v) is 4.54. The summed E-state index contributed by atoms with van der Waals surface area (Å²) in [5, 5.41) is 3.05. The van der Waals surface area contributed by atoms with Crippen molar-refractivity contribution in [2.45, 2.75) is 11.8 Å². The van der Waals surface area contributed by atoms with Gasteiger partial charge in [0.1, 0.15) is 5.75 Å². The number of halogens is 1. The Kier molecular flexibility index (Phi) is 5.12. The number of benzene rings is 2. The molecule has 2 aromatic carbocycles. The highest BCUT2D eigenvalue weighted by molar-refractivity contribution is 7.92. The molecule has 0 saturated heterocycles. The first kappa shape index (κ1) is 17.1. The predicted octanol–water partition coefficient (Wildman–Crippen LogP) is 3.11. The average molecular weight is 355 g/mol. The van der Waals surface area contributed by atoms with Gasteiger partial charge >= 0.3 is 0 Å². The number of carbonyl (C=O) groups is 1. The summed E-state index contributed by atoms with van der Waals surface area (Å²) >= 11 is 5.75. The van der Waals surface area contributed by atoms with Crippen LogP contribution in [0.3, 0.4) is 0 Å². The van der Waals surface area contributed by atoms with Crippen molar-refractivity contribution in [3.8, 4) is 5.75 Å². The number of amides is 1. The summed E-state index contributed by atoms with van der Waals surface area (Å²) in [6.45, 7) is 1.37. The van der Waals surface area contributed by atoms with E-state index in [-0.39, 0.29) is 10.8 Å². The van der Waals surface area contributed by atoms with Crippen molar-refractivity contribution in [1.29, 1.82) is 0 Å². The number of ether oxygens (including phenoxy) is 1. The SMILES string of the molecule is COc1cc(NS(=O)(=O)c2ccc(Cl)cc2)ccc1NC(C)=O. The molecule has 122 valence electrons. The molecule has 0 saturated carbocycles. The van der Waals surface area contributed by atoms with E-state index in [1.807, 2.05) is 0 Å². The Balaban J connectivity index is 2.28. The fourth-order valence-corrected chi connectivity index (χ4v) is 3.05. The Bertz CT molecular complexity index is 820. The summed E-state index contributed by atoms with van der Waals surface area (Å²) in [6.07, 6.45) is 0. The summed E-state index contributed by atoms with van der Waals surface area (Å²) in [6, 6.07) is 10.4. The molecule has 2 N–H and O–H groups in total. The van der Waals surface area contributed by atoms with E-state index >= 15 is 0 Å². The molecule has 0 aliphatic heterocycles. The van der Waals surface area contributed by atoms with Gasteiger partial charge in [0.25, 0.3) is 10.0 Å². The zero-order chi connectivity index (χ0) is 17.0. The molecule has 0 radical (unpaired) electrons. The summed E-state index contributed by atoms with van der Waals surface area (Å²) < 4.78 is 32.2. The lowest BCUT2D eigenvalue weighted by Crippen LogP contribution is -2.13. The Morgan fingerprint density at radius 2 is 1.78 bits per heavy atom. The maximum atomic E-state index is 12.3. The molecule has 2 rings (SSSR count). The Morgan fingerprint density at radius 3 is 2.35 bits per heavy atom. The molecule has 0 bridgehead atoms. The highest BCUT2D eigenvalue weighted by Gasteiger charge is 2.15. The topological polar surface area (TPSA) is 84.5 Å². The second-order valence-electron chi connectivity index (χ2n) is 4.66. The fraction of sp³-hybridized carbons (Fsp3) is 0.133. The van der Waals surface area contributed by atoms with Crippen molar-refractivity contribution in [1.82, 2.24) is 0 Å². The number of methoxy groups -OCH3 is 1. The lowest BCUT2D eigenvalue weighted by molar-refractivity contribution is -0.114.